The smallest absolute Gasteiger partial charge is 0.314 e. The fraction of sp³-hybridized carbons (Fsp3) is 0.263. The first kappa shape index (κ1) is 18.4. The molecule has 2 aromatic carbocycles. The van der Waals surface area contributed by atoms with Crippen molar-refractivity contribution < 1.29 is 28.7 Å². The Morgan fingerprint density at radius 2 is 1.85 bits per heavy atom. The molecule has 140 valence electrons. The van der Waals surface area contributed by atoms with Gasteiger partial charge in [-0.15, -0.1) is 0 Å². The Hall–Kier alpha value is -3.42. The molecule has 0 fully saturated rings. The first-order valence-electron chi connectivity index (χ1n) is 8.31. The number of hydrogen-bond donors (Lipinski definition) is 0. The van der Waals surface area contributed by atoms with Crippen molar-refractivity contribution >= 4 is 17.9 Å². The van der Waals surface area contributed by atoms with Gasteiger partial charge in [-0.3, -0.25) is 14.9 Å². The average Bonchev–Trinajstić information content (AvgIpc) is 3.14. The van der Waals surface area contributed by atoms with E-state index in [1.54, 1.807) is 25.1 Å². The number of carbonyl (C=O) groups excluding carboxylic acids is 2. The molecular weight excluding hydrogens is 354 g/mol. The molecule has 2 atom stereocenters. The zero-order chi connectivity index (χ0) is 19.4. The molecule has 2 unspecified atom stereocenters. The molecule has 27 heavy (non-hydrogen) atoms. The summed E-state index contributed by atoms with van der Waals surface area (Å²) in [7, 11) is 0. The van der Waals surface area contributed by atoms with E-state index >= 15 is 0 Å². The van der Waals surface area contributed by atoms with Crippen LogP contribution < -0.4 is 9.47 Å². The van der Waals surface area contributed by atoms with E-state index in [9.17, 15) is 19.7 Å². The number of nitrogens with zero attached hydrogens (tertiary/aromatic N) is 1. The highest BCUT2D eigenvalue weighted by atomic mass is 16.7. The molecule has 1 heterocycles. The highest BCUT2D eigenvalue weighted by Crippen LogP contribution is 2.39. The summed E-state index contributed by atoms with van der Waals surface area (Å²) in [6.07, 6.45) is 0.646. The van der Waals surface area contributed by atoms with E-state index in [4.69, 9.17) is 14.2 Å². The van der Waals surface area contributed by atoms with Crippen LogP contribution in [-0.4, -0.2) is 30.6 Å². The van der Waals surface area contributed by atoms with Crippen LogP contribution in [0.4, 0.5) is 5.69 Å². The Morgan fingerprint density at radius 1 is 1.19 bits per heavy atom. The van der Waals surface area contributed by atoms with Crippen LogP contribution in [0.1, 0.15) is 29.9 Å². The van der Waals surface area contributed by atoms with E-state index in [1.165, 1.54) is 24.3 Å². The highest BCUT2D eigenvalue weighted by molar-refractivity contribution is 5.85. The minimum absolute atomic E-state index is 0.0856. The minimum atomic E-state index is -0.918. The van der Waals surface area contributed by atoms with E-state index in [0.29, 0.717) is 28.9 Å². The lowest BCUT2D eigenvalue weighted by Gasteiger charge is -2.22. The molecule has 0 aliphatic carbocycles. The number of non-ortho nitro benzene ring substituents is 1. The van der Waals surface area contributed by atoms with Crippen LogP contribution in [0.15, 0.2) is 42.5 Å². The normalized spacial score (nSPS) is 14.3. The van der Waals surface area contributed by atoms with Crippen LogP contribution >= 0.6 is 0 Å². The lowest BCUT2D eigenvalue weighted by Crippen LogP contribution is -2.24. The standard InChI is InChI=1S/C19H17NO7/c1-2-25-19(22)18(13-5-8-16-17(9-13)27-11-26-16)15(10-21)12-3-6-14(7-4-12)20(23)24/h3-10,15,18H,2,11H2,1H3. The number of nitro groups is 1. The molecule has 2 aromatic rings. The van der Waals surface area contributed by atoms with Crippen molar-refractivity contribution in [2.45, 2.75) is 18.8 Å². The third-order valence-electron chi connectivity index (χ3n) is 4.29. The lowest BCUT2D eigenvalue weighted by molar-refractivity contribution is -0.384. The summed E-state index contributed by atoms with van der Waals surface area (Å²) in [5, 5.41) is 10.8. The summed E-state index contributed by atoms with van der Waals surface area (Å²) < 4.78 is 15.8. The largest absolute Gasteiger partial charge is 0.465 e. The van der Waals surface area contributed by atoms with Gasteiger partial charge in [0.25, 0.3) is 5.69 Å². The summed E-state index contributed by atoms with van der Waals surface area (Å²) >= 11 is 0. The molecule has 0 spiro atoms. The van der Waals surface area contributed by atoms with Crippen LogP contribution in [0.5, 0.6) is 11.5 Å². The van der Waals surface area contributed by atoms with E-state index < -0.39 is 22.7 Å². The molecule has 0 aromatic heterocycles. The monoisotopic (exact) mass is 371 g/mol. The first-order valence-corrected chi connectivity index (χ1v) is 8.31. The van der Waals surface area contributed by atoms with Gasteiger partial charge >= 0.3 is 5.97 Å². The molecule has 8 heteroatoms. The molecule has 0 N–H and O–H groups in total. The SMILES string of the molecule is CCOC(=O)C(c1ccc2c(c1)OCO2)C(C=O)c1ccc([N+](=O)[O-])cc1. The number of benzene rings is 2. The van der Waals surface area contributed by atoms with Crippen LogP contribution in [0.2, 0.25) is 0 Å². The number of rotatable bonds is 7. The molecule has 8 nitrogen and oxygen atoms in total. The molecule has 3 rings (SSSR count). The van der Waals surface area contributed by atoms with Crippen molar-refractivity contribution in [1.29, 1.82) is 0 Å². The van der Waals surface area contributed by atoms with E-state index in [0.717, 1.165) is 0 Å². The van der Waals surface area contributed by atoms with Gasteiger partial charge in [-0.05, 0) is 30.2 Å². The van der Waals surface area contributed by atoms with Gasteiger partial charge in [0.2, 0.25) is 6.79 Å². The van der Waals surface area contributed by atoms with E-state index in [2.05, 4.69) is 0 Å². The van der Waals surface area contributed by atoms with Crippen molar-refractivity contribution in [3.8, 4) is 11.5 Å². The average molecular weight is 371 g/mol. The zero-order valence-corrected chi connectivity index (χ0v) is 14.5. The van der Waals surface area contributed by atoms with Gasteiger partial charge in [-0.1, -0.05) is 18.2 Å². The van der Waals surface area contributed by atoms with E-state index in [1.807, 2.05) is 0 Å². The van der Waals surface area contributed by atoms with Crippen molar-refractivity contribution in [3.05, 3.63) is 63.7 Å². The Balaban J connectivity index is 2.01. The molecule has 1 aliphatic rings. The summed E-state index contributed by atoms with van der Waals surface area (Å²) in [6.45, 7) is 1.92. The Bertz CT molecular complexity index is 863. The second-order valence-corrected chi connectivity index (χ2v) is 5.85. The van der Waals surface area contributed by atoms with Gasteiger partial charge in [-0.2, -0.15) is 0 Å². The number of hydrogen-bond acceptors (Lipinski definition) is 7. The third-order valence-corrected chi connectivity index (χ3v) is 4.29. The summed E-state index contributed by atoms with van der Waals surface area (Å²) in [4.78, 5) is 34.8. The predicted molar refractivity (Wildman–Crippen MR) is 93.8 cm³/mol. The van der Waals surface area contributed by atoms with Crippen molar-refractivity contribution in [2.75, 3.05) is 13.4 Å². The van der Waals surface area contributed by atoms with Crippen LogP contribution in [0.25, 0.3) is 0 Å². The van der Waals surface area contributed by atoms with Gasteiger partial charge in [0.1, 0.15) is 6.29 Å². The quantitative estimate of drug-likeness (QED) is 0.319. The van der Waals surface area contributed by atoms with Crippen molar-refractivity contribution in [1.82, 2.24) is 0 Å². The molecule has 0 bridgehead atoms. The fourth-order valence-electron chi connectivity index (χ4n) is 3.00. The van der Waals surface area contributed by atoms with Crippen LogP contribution in [0, 0.1) is 10.1 Å². The number of fused-ring (bicyclic) bond motifs is 1. The Labute approximate surface area is 154 Å². The van der Waals surface area contributed by atoms with Crippen molar-refractivity contribution in [2.24, 2.45) is 0 Å². The van der Waals surface area contributed by atoms with Crippen LogP contribution in [-0.2, 0) is 14.3 Å². The summed E-state index contributed by atoms with van der Waals surface area (Å²) in [5.74, 6) is -1.31. The topological polar surface area (TPSA) is 105 Å². The Morgan fingerprint density at radius 3 is 2.48 bits per heavy atom. The molecule has 0 saturated carbocycles. The number of nitro benzene ring substituents is 1. The molecule has 0 amide bonds. The maximum atomic E-state index is 12.6. The molecular formula is C19H17NO7. The second kappa shape index (κ2) is 7.86. The molecule has 0 saturated heterocycles. The number of esters is 1. The van der Waals surface area contributed by atoms with Gasteiger partial charge < -0.3 is 19.0 Å². The van der Waals surface area contributed by atoms with Crippen molar-refractivity contribution in [3.63, 3.8) is 0 Å². The maximum Gasteiger partial charge on any atom is 0.314 e. The highest BCUT2D eigenvalue weighted by Gasteiger charge is 2.33. The number of carbonyl (C=O) groups is 2. The third kappa shape index (κ3) is 3.74. The number of ether oxygens (including phenoxy) is 3. The van der Waals surface area contributed by atoms with Gasteiger partial charge in [0.15, 0.2) is 11.5 Å². The minimum Gasteiger partial charge on any atom is -0.465 e. The number of aldehydes is 1. The summed E-state index contributed by atoms with van der Waals surface area (Å²) in [6, 6.07) is 10.5. The maximum absolute atomic E-state index is 12.6. The summed E-state index contributed by atoms with van der Waals surface area (Å²) in [5.41, 5.74) is 0.915. The van der Waals surface area contributed by atoms with Crippen LogP contribution in [0.3, 0.4) is 0 Å². The van der Waals surface area contributed by atoms with Gasteiger partial charge in [0.05, 0.1) is 23.4 Å². The Kier molecular flexibility index (Phi) is 5.35. The molecule has 1 aliphatic heterocycles. The second-order valence-electron chi connectivity index (χ2n) is 5.85. The first-order chi connectivity index (χ1) is 13.0. The molecule has 0 radical (unpaired) electrons. The zero-order valence-electron chi connectivity index (χ0n) is 14.5. The fourth-order valence-corrected chi connectivity index (χ4v) is 3.00. The predicted octanol–water partition coefficient (Wildman–Crippen LogP) is 2.95. The lowest BCUT2D eigenvalue weighted by atomic mass is 9.82. The van der Waals surface area contributed by atoms with Gasteiger partial charge in [0, 0.05) is 12.1 Å². The van der Waals surface area contributed by atoms with Gasteiger partial charge in [-0.25, -0.2) is 0 Å². The van der Waals surface area contributed by atoms with E-state index in [-0.39, 0.29) is 19.1 Å².